The number of aryl methyl sites for hydroxylation is 1. The molecule has 1 atom stereocenters. The van der Waals surface area contributed by atoms with Gasteiger partial charge in [0.25, 0.3) is 0 Å². The number of esters is 1. The maximum absolute atomic E-state index is 12.2. The molecule has 0 fully saturated rings. The van der Waals surface area contributed by atoms with Gasteiger partial charge in [0, 0.05) is 13.1 Å². The molecule has 1 unspecified atom stereocenters. The lowest BCUT2D eigenvalue weighted by atomic mass is 10.0. The summed E-state index contributed by atoms with van der Waals surface area (Å²) in [6, 6.07) is 7.62. The largest absolute Gasteiger partial charge is 0.465 e. The highest BCUT2D eigenvalue weighted by Crippen LogP contribution is 2.16. The van der Waals surface area contributed by atoms with Gasteiger partial charge in [-0.2, -0.15) is 0 Å². The van der Waals surface area contributed by atoms with Crippen LogP contribution in [0.25, 0.3) is 0 Å². The van der Waals surface area contributed by atoms with Crippen molar-refractivity contribution < 1.29 is 9.53 Å². The average molecular weight is 292 g/mol. The normalized spacial score (nSPS) is 12.4. The Labute approximate surface area is 128 Å². The van der Waals surface area contributed by atoms with Crippen molar-refractivity contribution in [1.82, 2.24) is 10.2 Å². The summed E-state index contributed by atoms with van der Waals surface area (Å²) in [7, 11) is 0. The summed E-state index contributed by atoms with van der Waals surface area (Å²) < 4.78 is 5.19. The fourth-order valence-corrected chi connectivity index (χ4v) is 2.32. The Morgan fingerprint density at radius 1 is 1.29 bits per heavy atom. The first-order chi connectivity index (χ1) is 10.1. The fraction of sp³-hybridized carbons (Fsp3) is 0.588. The molecular formula is C17H28N2O2. The zero-order valence-electron chi connectivity index (χ0n) is 13.7. The van der Waals surface area contributed by atoms with Crippen molar-refractivity contribution in [2.75, 3.05) is 32.8 Å². The van der Waals surface area contributed by atoms with Crippen LogP contribution in [-0.2, 0) is 9.53 Å². The van der Waals surface area contributed by atoms with E-state index < -0.39 is 0 Å². The molecule has 4 heteroatoms. The van der Waals surface area contributed by atoms with E-state index in [0.29, 0.717) is 6.61 Å². The summed E-state index contributed by atoms with van der Waals surface area (Å²) in [5.41, 5.74) is 2.11. The molecular weight excluding hydrogens is 264 g/mol. The van der Waals surface area contributed by atoms with Gasteiger partial charge in [-0.05, 0) is 32.5 Å². The number of ether oxygens (including phenoxy) is 1. The van der Waals surface area contributed by atoms with Crippen molar-refractivity contribution in [2.45, 2.75) is 33.7 Å². The molecule has 0 saturated carbocycles. The third-order valence-corrected chi connectivity index (χ3v) is 3.57. The monoisotopic (exact) mass is 292 g/mol. The van der Waals surface area contributed by atoms with Crippen molar-refractivity contribution in [3.8, 4) is 0 Å². The first-order valence-electron chi connectivity index (χ1n) is 7.81. The molecule has 0 radical (unpaired) electrons. The van der Waals surface area contributed by atoms with Gasteiger partial charge in [-0.1, -0.05) is 43.7 Å². The van der Waals surface area contributed by atoms with Gasteiger partial charge in [0.15, 0.2) is 0 Å². The standard InChI is InChI=1S/C17H28N2O2/c1-5-19(6-2)12-11-18-16(17(20)21-7-3)15-10-8-9-14(4)13-15/h8-10,13,16,18H,5-7,11-12H2,1-4H3. The van der Waals surface area contributed by atoms with Gasteiger partial charge in [-0.15, -0.1) is 0 Å². The number of likely N-dealkylation sites (N-methyl/N-ethyl adjacent to an activating group) is 1. The first-order valence-corrected chi connectivity index (χ1v) is 7.81. The third-order valence-electron chi connectivity index (χ3n) is 3.57. The molecule has 0 bridgehead atoms. The quantitative estimate of drug-likeness (QED) is 0.710. The predicted octanol–water partition coefficient (Wildman–Crippen LogP) is 2.53. The van der Waals surface area contributed by atoms with Crippen molar-refractivity contribution in [3.05, 3.63) is 35.4 Å². The topological polar surface area (TPSA) is 41.6 Å². The van der Waals surface area contributed by atoms with E-state index in [1.807, 2.05) is 38.1 Å². The Hall–Kier alpha value is -1.39. The van der Waals surface area contributed by atoms with Gasteiger partial charge in [0.1, 0.15) is 6.04 Å². The minimum absolute atomic E-state index is 0.206. The first kappa shape index (κ1) is 17.7. The maximum Gasteiger partial charge on any atom is 0.327 e. The summed E-state index contributed by atoms with van der Waals surface area (Å²) in [4.78, 5) is 14.5. The van der Waals surface area contributed by atoms with Crippen LogP contribution < -0.4 is 5.32 Å². The third kappa shape index (κ3) is 5.86. The van der Waals surface area contributed by atoms with E-state index in [1.54, 1.807) is 0 Å². The van der Waals surface area contributed by atoms with Gasteiger partial charge in [0.2, 0.25) is 0 Å². The summed E-state index contributed by atoms with van der Waals surface area (Å²) in [6.45, 7) is 12.3. The maximum atomic E-state index is 12.2. The van der Waals surface area contributed by atoms with E-state index in [1.165, 1.54) is 0 Å². The van der Waals surface area contributed by atoms with E-state index >= 15 is 0 Å². The lowest BCUT2D eigenvalue weighted by Crippen LogP contribution is -2.37. The number of benzene rings is 1. The van der Waals surface area contributed by atoms with Gasteiger partial charge in [-0.25, -0.2) is 4.79 Å². The molecule has 1 aromatic carbocycles. The SMILES string of the molecule is CCOC(=O)C(NCCN(CC)CC)c1cccc(C)c1. The lowest BCUT2D eigenvalue weighted by Gasteiger charge is -2.22. The van der Waals surface area contributed by atoms with E-state index in [4.69, 9.17) is 4.74 Å². The number of hydrogen-bond donors (Lipinski definition) is 1. The zero-order chi connectivity index (χ0) is 15.7. The summed E-state index contributed by atoms with van der Waals surface area (Å²) in [6.07, 6.45) is 0. The van der Waals surface area contributed by atoms with Crippen LogP contribution in [0.4, 0.5) is 0 Å². The van der Waals surface area contributed by atoms with Crippen LogP contribution in [-0.4, -0.2) is 43.7 Å². The molecule has 1 N–H and O–H groups in total. The Morgan fingerprint density at radius 3 is 2.57 bits per heavy atom. The molecule has 0 heterocycles. The highest BCUT2D eigenvalue weighted by molar-refractivity contribution is 5.77. The van der Waals surface area contributed by atoms with Gasteiger partial charge < -0.3 is 9.64 Å². The Kier molecular flexibility index (Phi) is 8.01. The molecule has 1 aromatic rings. The number of hydrogen-bond acceptors (Lipinski definition) is 4. The lowest BCUT2D eigenvalue weighted by molar-refractivity contribution is -0.145. The van der Waals surface area contributed by atoms with Crippen LogP contribution in [0.5, 0.6) is 0 Å². The molecule has 0 aliphatic carbocycles. The van der Waals surface area contributed by atoms with Gasteiger partial charge >= 0.3 is 5.97 Å². The second-order valence-electron chi connectivity index (χ2n) is 5.08. The van der Waals surface area contributed by atoms with Crippen LogP contribution in [0.2, 0.25) is 0 Å². The second kappa shape index (κ2) is 9.53. The van der Waals surface area contributed by atoms with Crippen LogP contribution in [0.3, 0.4) is 0 Å². The summed E-state index contributed by atoms with van der Waals surface area (Å²) >= 11 is 0. The highest BCUT2D eigenvalue weighted by atomic mass is 16.5. The molecule has 0 spiro atoms. The van der Waals surface area contributed by atoms with Crippen LogP contribution in [0.15, 0.2) is 24.3 Å². The molecule has 0 aliphatic rings. The number of nitrogens with zero attached hydrogens (tertiary/aromatic N) is 1. The van der Waals surface area contributed by atoms with Crippen LogP contribution in [0, 0.1) is 6.92 Å². The Morgan fingerprint density at radius 2 is 2.00 bits per heavy atom. The number of rotatable bonds is 9. The van der Waals surface area contributed by atoms with E-state index in [2.05, 4.69) is 24.1 Å². The highest BCUT2D eigenvalue weighted by Gasteiger charge is 2.21. The fourth-order valence-electron chi connectivity index (χ4n) is 2.32. The molecule has 4 nitrogen and oxygen atoms in total. The smallest absolute Gasteiger partial charge is 0.327 e. The molecule has 0 saturated heterocycles. The molecule has 1 rings (SSSR count). The number of carbonyl (C=O) groups excluding carboxylic acids is 1. The Balaban J connectivity index is 2.71. The van der Waals surface area contributed by atoms with Crippen molar-refractivity contribution in [3.63, 3.8) is 0 Å². The van der Waals surface area contributed by atoms with Crippen molar-refractivity contribution in [2.24, 2.45) is 0 Å². The molecule has 0 aliphatic heterocycles. The van der Waals surface area contributed by atoms with Crippen molar-refractivity contribution in [1.29, 1.82) is 0 Å². The minimum atomic E-state index is -0.389. The second-order valence-corrected chi connectivity index (χ2v) is 5.08. The number of carbonyl (C=O) groups is 1. The summed E-state index contributed by atoms with van der Waals surface area (Å²) in [5.74, 6) is -0.206. The average Bonchev–Trinajstić information content (AvgIpc) is 2.47. The molecule has 0 aromatic heterocycles. The van der Waals surface area contributed by atoms with E-state index in [0.717, 1.165) is 37.3 Å². The van der Waals surface area contributed by atoms with E-state index in [-0.39, 0.29) is 12.0 Å². The van der Waals surface area contributed by atoms with Crippen molar-refractivity contribution >= 4 is 5.97 Å². The predicted molar refractivity (Wildman–Crippen MR) is 86.3 cm³/mol. The Bertz CT molecular complexity index is 431. The van der Waals surface area contributed by atoms with Crippen LogP contribution >= 0.6 is 0 Å². The zero-order valence-corrected chi connectivity index (χ0v) is 13.7. The van der Waals surface area contributed by atoms with Gasteiger partial charge in [0.05, 0.1) is 6.61 Å². The minimum Gasteiger partial charge on any atom is -0.465 e. The van der Waals surface area contributed by atoms with Gasteiger partial charge in [-0.3, -0.25) is 5.32 Å². The van der Waals surface area contributed by atoms with Crippen LogP contribution in [0.1, 0.15) is 37.9 Å². The summed E-state index contributed by atoms with van der Waals surface area (Å²) in [5, 5.41) is 3.33. The molecule has 118 valence electrons. The van der Waals surface area contributed by atoms with E-state index in [9.17, 15) is 4.79 Å². The molecule has 21 heavy (non-hydrogen) atoms. The number of nitrogens with one attached hydrogen (secondary N) is 1. The molecule has 0 amide bonds.